The van der Waals surface area contributed by atoms with Gasteiger partial charge in [-0.15, -0.1) is 0 Å². The van der Waals surface area contributed by atoms with Gasteiger partial charge in [0, 0.05) is 26.4 Å². The van der Waals surface area contributed by atoms with Gasteiger partial charge in [-0.3, -0.25) is 18.9 Å². The van der Waals surface area contributed by atoms with E-state index in [4.69, 9.17) is 26.7 Å². The van der Waals surface area contributed by atoms with Gasteiger partial charge in [-0.1, -0.05) is 30.0 Å². The number of anilines is 1. The van der Waals surface area contributed by atoms with Gasteiger partial charge in [0.15, 0.2) is 0 Å². The molecule has 2 aliphatic heterocycles. The normalized spacial score (nSPS) is 23.4. The second-order valence-corrected chi connectivity index (χ2v) is 9.25. The number of hydrogen-bond acceptors (Lipinski definition) is 8. The Morgan fingerprint density at radius 2 is 2.03 bits per heavy atom. The molecule has 2 atom stereocenters. The lowest BCUT2D eigenvalue weighted by Gasteiger charge is -2.36. The van der Waals surface area contributed by atoms with Crippen molar-refractivity contribution in [2.75, 3.05) is 38.3 Å². The van der Waals surface area contributed by atoms with Crippen molar-refractivity contribution in [2.24, 2.45) is 0 Å². The van der Waals surface area contributed by atoms with E-state index in [9.17, 15) is 9.59 Å². The van der Waals surface area contributed by atoms with Crippen LogP contribution in [0.2, 0.25) is 0 Å². The molecule has 0 bridgehead atoms. The lowest BCUT2D eigenvalue weighted by atomic mass is 10.2. The number of rotatable bonds is 5. The highest BCUT2D eigenvalue weighted by Gasteiger charge is 2.33. The van der Waals surface area contributed by atoms with Gasteiger partial charge in [0.2, 0.25) is 0 Å². The highest BCUT2D eigenvalue weighted by Crippen LogP contribution is 2.33. The molecule has 2 aromatic rings. The van der Waals surface area contributed by atoms with E-state index >= 15 is 0 Å². The Hall–Kier alpha value is -2.27. The molecule has 1 amide bonds. The summed E-state index contributed by atoms with van der Waals surface area (Å²) in [6, 6.07) is 5.42. The van der Waals surface area contributed by atoms with Crippen molar-refractivity contribution in [1.82, 2.24) is 14.3 Å². The van der Waals surface area contributed by atoms with Crippen LogP contribution in [0.4, 0.5) is 5.82 Å². The average molecular weight is 461 g/mol. The minimum Gasteiger partial charge on any atom is -0.383 e. The summed E-state index contributed by atoms with van der Waals surface area (Å²) in [6.07, 6.45) is 3.31. The van der Waals surface area contributed by atoms with Crippen molar-refractivity contribution < 1.29 is 14.3 Å². The molecule has 0 spiro atoms. The summed E-state index contributed by atoms with van der Waals surface area (Å²) in [7, 11) is 1.58. The van der Waals surface area contributed by atoms with Crippen LogP contribution < -0.4 is 10.5 Å². The van der Waals surface area contributed by atoms with Crippen LogP contribution in [0, 0.1) is 0 Å². The smallest absolute Gasteiger partial charge is 0.267 e. The van der Waals surface area contributed by atoms with E-state index in [2.05, 4.69) is 4.90 Å². The van der Waals surface area contributed by atoms with Crippen LogP contribution in [0.15, 0.2) is 34.1 Å². The van der Waals surface area contributed by atoms with Gasteiger partial charge < -0.3 is 14.4 Å². The molecule has 31 heavy (non-hydrogen) atoms. The first-order chi connectivity index (χ1) is 14.9. The number of morpholine rings is 1. The maximum atomic E-state index is 13.4. The first-order valence-electron chi connectivity index (χ1n) is 10.0. The molecule has 0 aliphatic carbocycles. The van der Waals surface area contributed by atoms with Gasteiger partial charge in [0.05, 0.1) is 35.8 Å². The molecule has 2 saturated heterocycles. The van der Waals surface area contributed by atoms with Crippen molar-refractivity contribution in [3.63, 3.8) is 0 Å². The summed E-state index contributed by atoms with van der Waals surface area (Å²) in [4.78, 5) is 35.1. The molecule has 2 unspecified atom stereocenters. The summed E-state index contributed by atoms with van der Waals surface area (Å²) in [5.41, 5.74) is 0.700. The van der Waals surface area contributed by atoms with Crippen molar-refractivity contribution in [2.45, 2.75) is 26.1 Å². The third-order valence-corrected chi connectivity index (χ3v) is 6.51. The monoisotopic (exact) mass is 460 g/mol. The molecule has 2 aliphatic rings. The van der Waals surface area contributed by atoms with Crippen molar-refractivity contribution >= 4 is 51.7 Å². The molecule has 0 saturated carbocycles. The Morgan fingerprint density at radius 3 is 2.74 bits per heavy atom. The molecule has 0 radical (unpaired) electrons. The predicted molar refractivity (Wildman–Crippen MR) is 125 cm³/mol. The first-order valence-corrected chi connectivity index (χ1v) is 11.3. The molecular weight excluding hydrogens is 436 g/mol. The molecular formula is C21H24N4O4S2. The Kier molecular flexibility index (Phi) is 6.42. The van der Waals surface area contributed by atoms with E-state index < -0.39 is 0 Å². The SMILES string of the molecule is COCCN1C(=O)/C(=C\c2c(N3CC(C)OC(C)C3)nc3ccccn3c2=O)SC1=S. The van der Waals surface area contributed by atoms with E-state index in [0.717, 1.165) is 0 Å². The molecule has 2 aromatic heterocycles. The fraction of sp³-hybridized carbons (Fsp3) is 0.429. The number of thioether (sulfide) groups is 1. The number of hydrogen-bond donors (Lipinski definition) is 0. The Bertz CT molecular complexity index is 1110. The number of ether oxygens (including phenoxy) is 2. The van der Waals surface area contributed by atoms with E-state index in [1.165, 1.54) is 21.1 Å². The predicted octanol–water partition coefficient (Wildman–Crippen LogP) is 2.16. The van der Waals surface area contributed by atoms with Gasteiger partial charge >= 0.3 is 0 Å². The van der Waals surface area contributed by atoms with Crippen molar-refractivity contribution in [3.8, 4) is 0 Å². The lowest BCUT2D eigenvalue weighted by Crippen LogP contribution is -2.46. The molecule has 0 N–H and O–H groups in total. The summed E-state index contributed by atoms with van der Waals surface area (Å²) < 4.78 is 12.9. The molecule has 10 heteroatoms. The minimum absolute atomic E-state index is 0.000112. The van der Waals surface area contributed by atoms with Crippen LogP contribution in [0.5, 0.6) is 0 Å². The lowest BCUT2D eigenvalue weighted by molar-refractivity contribution is -0.122. The molecule has 4 rings (SSSR count). The summed E-state index contributed by atoms with van der Waals surface area (Å²) in [5, 5.41) is 0. The standard InChI is InChI=1S/C21H24N4O4S2/c1-13-11-23(12-14(2)29-13)18-15(19(26)24-7-5-4-6-17(24)22-18)10-16-20(27)25(8-9-28-3)21(30)31-16/h4-7,10,13-14H,8-9,11-12H2,1-3H3/b16-10+. The fourth-order valence-electron chi connectivity index (χ4n) is 3.82. The second kappa shape index (κ2) is 9.07. The van der Waals surface area contributed by atoms with E-state index in [1.54, 1.807) is 31.5 Å². The Labute approximate surface area is 189 Å². The Morgan fingerprint density at radius 1 is 1.29 bits per heavy atom. The quantitative estimate of drug-likeness (QED) is 0.496. The zero-order valence-corrected chi connectivity index (χ0v) is 19.2. The van der Waals surface area contributed by atoms with Gasteiger partial charge in [-0.25, -0.2) is 4.98 Å². The minimum atomic E-state index is -0.227. The highest BCUT2D eigenvalue weighted by molar-refractivity contribution is 8.26. The summed E-state index contributed by atoms with van der Waals surface area (Å²) in [6.45, 7) is 5.96. The number of amides is 1. The number of nitrogens with zero attached hydrogens (tertiary/aromatic N) is 4. The van der Waals surface area contributed by atoms with Crippen LogP contribution >= 0.6 is 24.0 Å². The van der Waals surface area contributed by atoms with Crippen LogP contribution in [0.25, 0.3) is 11.7 Å². The number of pyridine rings is 1. The molecule has 0 aromatic carbocycles. The number of fused-ring (bicyclic) bond motifs is 1. The van der Waals surface area contributed by atoms with Gasteiger partial charge in [-0.2, -0.15) is 0 Å². The third kappa shape index (κ3) is 4.38. The van der Waals surface area contributed by atoms with Crippen molar-refractivity contribution in [3.05, 3.63) is 45.2 Å². The Balaban J connectivity index is 1.82. The van der Waals surface area contributed by atoms with Gasteiger partial charge in [-0.05, 0) is 32.1 Å². The largest absolute Gasteiger partial charge is 0.383 e. The zero-order chi connectivity index (χ0) is 22.1. The van der Waals surface area contributed by atoms with Crippen LogP contribution in [0.1, 0.15) is 19.4 Å². The molecule has 164 valence electrons. The van der Waals surface area contributed by atoms with Crippen molar-refractivity contribution in [1.29, 1.82) is 0 Å². The van der Waals surface area contributed by atoms with Gasteiger partial charge in [0.25, 0.3) is 11.5 Å². The number of carbonyl (C=O) groups is 1. The number of carbonyl (C=O) groups excluding carboxylic acids is 1. The van der Waals surface area contributed by atoms with E-state index in [-0.39, 0.29) is 23.7 Å². The topological polar surface area (TPSA) is 76.4 Å². The number of methoxy groups -OCH3 is 1. The maximum Gasteiger partial charge on any atom is 0.267 e. The van der Waals surface area contributed by atoms with Crippen LogP contribution in [0.3, 0.4) is 0 Å². The third-order valence-electron chi connectivity index (χ3n) is 5.14. The van der Waals surface area contributed by atoms with Gasteiger partial charge in [0.1, 0.15) is 15.8 Å². The number of thiocarbonyl (C=S) groups is 1. The van der Waals surface area contributed by atoms with E-state index in [1.807, 2.05) is 19.9 Å². The molecule has 8 nitrogen and oxygen atoms in total. The number of aromatic nitrogens is 2. The fourth-order valence-corrected chi connectivity index (χ4v) is 5.11. The molecule has 2 fully saturated rings. The zero-order valence-electron chi connectivity index (χ0n) is 17.6. The summed E-state index contributed by atoms with van der Waals surface area (Å²) in [5.74, 6) is 0.333. The molecule has 4 heterocycles. The maximum absolute atomic E-state index is 13.4. The van der Waals surface area contributed by atoms with Crippen LogP contribution in [-0.4, -0.2) is 70.1 Å². The van der Waals surface area contributed by atoms with E-state index in [0.29, 0.717) is 52.5 Å². The van der Waals surface area contributed by atoms with Crippen LogP contribution in [-0.2, 0) is 14.3 Å². The average Bonchev–Trinajstić information content (AvgIpc) is 3.00. The summed E-state index contributed by atoms with van der Waals surface area (Å²) >= 11 is 6.56. The first kappa shape index (κ1) is 21.9. The second-order valence-electron chi connectivity index (χ2n) is 7.57. The highest BCUT2D eigenvalue weighted by atomic mass is 32.2.